The molecule has 0 amide bonds. The van der Waals surface area contributed by atoms with Crippen LogP contribution in [0.2, 0.25) is 0 Å². The molecule has 0 rings (SSSR count). The number of hydrogen-bond acceptors (Lipinski definition) is 0. The van der Waals surface area contributed by atoms with Crippen molar-refractivity contribution in [2.45, 2.75) is 0 Å². The van der Waals surface area contributed by atoms with Crippen LogP contribution in [0, 0.1) is 0 Å². The van der Waals surface area contributed by atoms with E-state index < -0.39 is 0 Å². The van der Waals surface area contributed by atoms with Gasteiger partial charge in [-0.2, -0.15) is 0 Å². The van der Waals surface area contributed by atoms with Crippen molar-refractivity contribution in [1.29, 1.82) is 0 Å². The largest absolute Gasteiger partial charge is 0 e. The molecule has 33 heteroatoms. The molecule has 0 aliphatic heterocycles. The molecular weight excluding hydrogens is 2930 g/mol. The second kappa shape index (κ2) is 234. The van der Waals surface area contributed by atoms with Gasteiger partial charge in [-0.3, -0.25) is 0 Å². The van der Waals surface area contributed by atoms with Gasteiger partial charge in [-0.05, 0) is 0 Å². The van der Waals surface area contributed by atoms with Gasteiger partial charge in [-0.1, -0.05) is 0 Å². The van der Waals surface area contributed by atoms with E-state index in [4.69, 9.17) is 0 Å². The standard InChI is InChI=1S/33Y. The smallest absolute Gasteiger partial charge is 0 e. The molecule has 99 valence electrons. The zero-order valence-electron chi connectivity index (χ0n) is 19.1. The Morgan fingerprint density at radius 3 is 0.0303 bits per heavy atom. The first-order valence-electron chi connectivity index (χ1n) is 0. The van der Waals surface area contributed by atoms with Gasteiger partial charge in [-0.25, -0.2) is 0 Å². The molecule has 33 heavy (non-hydrogen) atoms. The van der Waals surface area contributed by atoms with Gasteiger partial charge in [0, 0.05) is 1080 Å². The predicted molar refractivity (Wildman–Crippen MR) is 0 cm³/mol. The molecule has 0 unspecified atom stereocenters. The summed E-state index contributed by atoms with van der Waals surface area (Å²) < 4.78 is 0. The van der Waals surface area contributed by atoms with Crippen LogP contribution in [0.3, 0.4) is 0 Å². The minimum Gasteiger partial charge on any atom is 0 e. The molecule has 0 aromatic rings. The van der Waals surface area contributed by atoms with E-state index in [1.165, 1.54) is 0 Å². The minimum atomic E-state index is 0. The van der Waals surface area contributed by atoms with Crippen molar-refractivity contribution in [3.63, 3.8) is 0 Å². The van der Waals surface area contributed by atoms with Gasteiger partial charge in [0.05, 0.1) is 0 Å². The summed E-state index contributed by atoms with van der Waals surface area (Å²) in [6.45, 7) is 0. The van der Waals surface area contributed by atoms with Crippen LogP contribution in [-0.2, 0) is 1080 Å². The van der Waals surface area contributed by atoms with E-state index in [0.717, 1.165) is 0 Å². The fraction of sp³-hybridized carbons (Fsp3) is 0. The Balaban J connectivity index is 0. The summed E-state index contributed by atoms with van der Waals surface area (Å²) in [5.41, 5.74) is 0. The van der Waals surface area contributed by atoms with Gasteiger partial charge in [0.2, 0.25) is 0 Å². The Morgan fingerprint density at radius 2 is 0.0303 bits per heavy atom. The van der Waals surface area contributed by atoms with Crippen LogP contribution < -0.4 is 0 Å². The average Bonchev–Trinajstić information content (AvgIpc) is 0. The minimum absolute atomic E-state index is 0. The molecular formula is Y33. The van der Waals surface area contributed by atoms with Crippen molar-refractivity contribution < 1.29 is 1080 Å². The molecule has 0 nitrogen and oxygen atoms in total. The van der Waals surface area contributed by atoms with E-state index in [0.29, 0.717) is 0 Å². The SMILES string of the molecule is [Y].[Y].[Y].[Y].[Y].[Y].[Y].[Y].[Y].[Y].[Y].[Y].[Y].[Y].[Y].[Y].[Y].[Y].[Y].[Y].[Y].[Y].[Y].[Y].[Y].[Y].[Y].[Y].[Y].[Y].[Y].[Y].[Y]. The molecule has 0 saturated heterocycles. The summed E-state index contributed by atoms with van der Waals surface area (Å²) in [7, 11) is 0. The average molecular weight is 2930 g/mol. The van der Waals surface area contributed by atoms with E-state index in [1.807, 2.05) is 0 Å². The van der Waals surface area contributed by atoms with Crippen molar-refractivity contribution in [2.24, 2.45) is 0 Å². The molecule has 0 saturated carbocycles. The second-order valence-corrected chi connectivity index (χ2v) is 0. The monoisotopic (exact) mass is 2930 g/mol. The molecule has 0 spiro atoms. The van der Waals surface area contributed by atoms with E-state index >= 15 is 0 Å². The molecule has 0 atom stereocenters. The van der Waals surface area contributed by atoms with E-state index in [9.17, 15) is 0 Å². The summed E-state index contributed by atoms with van der Waals surface area (Å²) in [6, 6.07) is 0. The zero-order valence-corrected chi connectivity index (χ0v) is 113. The van der Waals surface area contributed by atoms with Crippen LogP contribution in [0.5, 0.6) is 0 Å². The fourth-order valence-corrected chi connectivity index (χ4v) is 0. The Labute approximate surface area is 1040 Å². The number of hydrogen-bond donors (Lipinski definition) is 0. The maximum Gasteiger partial charge on any atom is 0 e. The van der Waals surface area contributed by atoms with E-state index in [2.05, 4.69) is 0 Å². The topological polar surface area (TPSA) is 0 Å². The van der Waals surface area contributed by atoms with Gasteiger partial charge < -0.3 is 0 Å². The van der Waals surface area contributed by atoms with Crippen molar-refractivity contribution in [1.82, 2.24) is 0 Å². The fourth-order valence-electron chi connectivity index (χ4n) is 0. The third-order valence-corrected chi connectivity index (χ3v) is 0. The summed E-state index contributed by atoms with van der Waals surface area (Å²) in [5.74, 6) is 0. The van der Waals surface area contributed by atoms with Crippen LogP contribution in [0.25, 0.3) is 0 Å². The van der Waals surface area contributed by atoms with Crippen LogP contribution in [0.4, 0.5) is 0 Å². The predicted octanol–water partition coefficient (Wildman–Crippen LogP) is -0.0825. The molecule has 0 N–H and O–H groups in total. The van der Waals surface area contributed by atoms with Crippen molar-refractivity contribution in [2.75, 3.05) is 0 Å². The Bertz CT molecular complexity index is 0. The van der Waals surface area contributed by atoms with Crippen LogP contribution >= 0.6 is 0 Å². The van der Waals surface area contributed by atoms with Crippen LogP contribution in [0.15, 0.2) is 0 Å². The quantitative estimate of drug-likeness (QED) is 0.319. The number of rotatable bonds is 0. The van der Waals surface area contributed by atoms with Crippen molar-refractivity contribution >= 4 is 0 Å². The molecule has 0 aromatic carbocycles. The van der Waals surface area contributed by atoms with Crippen molar-refractivity contribution in [3.05, 3.63) is 0 Å². The van der Waals surface area contributed by atoms with Gasteiger partial charge >= 0.3 is 0 Å². The van der Waals surface area contributed by atoms with Gasteiger partial charge in [0.25, 0.3) is 0 Å². The first-order valence-corrected chi connectivity index (χ1v) is 0. The Morgan fingerprint density at radius 1 is 0.0303 bits per heavy atom. The zero-order chi connectivity index (χ0) is 0. The van der Waals surface area contributed by atoms with E-state index in [1.54, 1.807) is 0 Å². The molecule has 0 aliphatic carbocycles. The molecule has 33 radical (unpaired) electrons. The molecule has 0 aliphatic rings. The molecule has 0 bridgehead atoms. The maximum absolute atomic E-state index is 0. The van der Waals surface area contributed by atoms with E-state index in [-0.39, 0.29) is 1080 Å². The van der Waals surface area contributed by atoms with Gasteiger partial charge in [0.1, 0.15) is 0 Å². The van der Waals surface area contributed by atoms with Gasteiger partial charge in [-0.15, -0.1) is 0 Å². The molecule has 0 aromatic heterocycles. The summed E-state index contributed by atoms with van der Waals surface area (Å²) in [4.78, 5) is 0. The second-order valence-electron chi connectivity index (χ2n) is 0. The Kier molecular flexibility index (Phi) is 1740. The van der Waals surface area contributed by atoms with Crippen LogP contribution in [0.1, 0.15) is 0 Å². The summed E-state index contributed by atoms with van der Waals surface area (Å²) in [6.07, 6.45) is 0. The first-order chi connectivity index (χ1) is 0. The summed E-state index contributed by atoms with van der Waals surface area (Å²) >= 11 is 0. The van der Waals surface area contributed by atoms with Crippen molar-refractivity contribution in [3.8, 4) is 0 Å². The third kappa shape index (κ3) is 228. The normalized spacial score (nSPS) is 0. The van der Waals surface area contributed by atoms with Crippen LogP contribution in [-0.4, -0.2) is 0 Å². The third-order valence-electron chi connectivity index (χ3n) is 0. The van der Waals surface area contributed by atoms with Gasteiger partial charge in [0.15, 0.2) is 0 Å². The first kappa shape index (κ1) is 245. The maximum atomic E-state index is 0. The molecule has 0 fully saturated rings. The summed E-state index contributed by atoms with van der Waals surface area (Å²) in [5, 5.41) is 0. The Hall–Kier alpha value is 36.4. The molecule has 0 heterocycles.